The van der Waals surface area contributed by atoms with Gasteiger partial charge in [-0.15, -0.1) is 11.8 Å². The van der Waals surface area contributed by atoms with Crippen LogP contribution in [0.2, 0.25) is 5.02 Å². The molecule has 0 bridgehead atoms. The van der Waals surface area contributed by atoms with E-state index in [2.05, 4.69) is 5.43 Å². The molecule has 0 aliphatic carbocycles. The Kier molecular flexibility index (Phi) is 4.52. The van der Waals surface area contributed by atoms with Crippen LogP contribution in [0.5, 0.6) is 0 Å². The Labute approximate surface area is 120 Å². The molecule has 19 heavy (non-hydrogen) atoms. The van der Waals surface area contributed by atoms with Crippen LogP contribution in [0.1, 0.15) is 21.9 Å². The molecule has 1 aromatic carbocycles. The van der Waals surface area contributed by atoms with Crippen molar-refractivity contribution in [3.05, 3.63) is 52.4 Å². The summed E-state index contributed by atoms with van der Waals surface area (Å²) in [4.78, 5) is 12.4. The summed E-state index contributed by atoms with van der Waals surface area (Å²) in [5, 5.41) is 0.704. The topological polar surface area (TPSA) is 68.3 Å². The molecule has 0 unspecified atom stereocenters. The zero-order valence-corrected chi connectivity index (χ0v) is 11.8. The molecular weight excluding hydrogens is 284 g/mol. The van der Waals surface area contributed by atoms with Gasteiger partial charge in [0, 0.05) is 4.90 Å². The second kappa shape index (κ2) is 6.14. The highest BCUT2D eigenvalue weighted by atomic mass is 35.5. The quantitative estimate of drug-likeness (QED) is 0.394. The fourth-order valence-electron chi connectivity index (χ4n) is 1.63. The third kappa shape index (κ3) is 3.32. The van der Waals surface area contributed by atoms with Gasteiger partial charge in [-0.1, -0.05) is 23.7 Å². The maximum absolute atomic E-state index is 11.5. The summed E-state index contributed by atoms with van der Waals surface area (Å²) in [5.41, 5.74) is 2.55. The van der Waals surface area contributed by atoms with Gasteiger partial charge in [0.05, 0.1) is 16.3 Å². The van der Waals surface area contributed by atoms with Crippen LogP contribution in [0.15, 0.2) is 39.6 Å². The van der Waals surface area contributed by atoms with Gasteiger partial charge in [-0.3, -0.25) is 10.2 Å². The van der Waals surface area contributed by atoms with E-state index >= 15 is 0 Å². The van der Waals surface area contributed by atoms with Gasteiger partial charge in [-0.05, 0) is 25.1 Å². The molecule has 0 radical (unpaired) electrons. The minimum absolute atomic E-state index is 0.352. The van der Waals surface area contributed by atoms with E-state index in [4.69, 9.17) is 21.9 Å². The van der Waals surface area contributed by atoms with Gasteiger partial charge < -0.3 is 4.42 Å². The van der Waals surface area contributed by atoms with Crippen molar-refractivity contribution in [2.75, 3.05) is 0 Å². The lowest BCUT2D eigenvalue weighted by Crippen LogP contribution is -2.30. The van der Waals surface area contributed by atoms with E-state index in [0.717, 1.165) is 4.90 Å². The molecule has 4 nitrogen and oxygen atoms in total. The minimum atomic E-state index is -0.352. The number of halogens is 1. The molecule has 0 saturated heterocycles. The standard InChI is InChI=1S/C13H13ClN2O2S/c1-8-10(13(17)16-15)6-9(18-8)7-19-12-5-3-2-4-11(12)14/h2-6H,7,15H2,1H3,(H,16,17). The summed E-state index contributed by atoms with van der Waals surface area (Å²) in [6.45, 7) is 1.73. The second-order valence-corrected chi connectivity index (χ2v) is 5.30. The number of hydrogen-bond acceptors (Lipinski definition) is 4. The van der Waals surface area contributed by atoms with E-state index in [1.54, 1.807) is 24.8 Å². The van der Waals surface area contributed by atoms with Gasteiger partial charge in [0.15, 0.2) is 0 Å². The van der Waals surface area contributed by atoms with Gasteiger partial charge in [0.1, 0.15) is 11.5 Å². The SMILES string of the molecule is Cc1oc(CSc2ccccc2Cl)cc1C(=O)NN. The van der Waals surface area contributed by atoms with E-state index < -0.39 is 0 Å². The summed E-state index contributed by atoms with van der Waals surface area (Å²) >= 11 is 7.62. The number of hydrazine groups is 1. The van der Waals surface area contributed by atoms with Crippen LogP contribution in [0.25, 0.3) is 0 Å². The summed E-state index contributed by atoms with van der Waals surface area (Å²) in [7, 11) is 0. The normalized spacial score (nSPS) is 10.5. The zero-order valence-electron chi connectivity index (χ0n) is 10.3. The van der Waals surface area contributed by atoms with Crippen LogP contribution in [-0.4, -0.2) is 5.91 Å². The highest BCUT2D eigenvalue weighted by Crippen LogP contribution is 2.30. The fourth-order valence-corrected chi connectivity index (χ4v) is 2.75. The smallest absolute Gasteiger partial charge is 0.268 e. The monoisotopic (exact) mass is 296 g/mol. The predicted octanol–water partition coefficient (Wildman–Crippen LogP) is 3.14. The number of carbonyl (C=O) groups excluding carboxylic acids is 1. The van der Waals surface area contributed by atoms with Gasteiger partial charge in [0.2, 0.25) is 0 Å². The molecule has 0 spiro atoms. The number of rotatable bonds is 4. The first kappa shape index (κ1) is 14.0. The lowest BCUT2D eigenvalue weighted by atomic mass is 10.2. The van der Waals surface area contributed by atoms with E-state index in [1.165, 1.54) is 0 Å². The lowest BCUT2D eigenvalue weighted by molar-refractivity contribution is 0.0952. The molecule has 100 valence electrons. The Morgan fingerprint density at radius 1 is 1.47 bits per heavy atom. The second-order valence-electron chi connectivity index (χ2n) is 3.88. The summed E-state index contributed by atoms with van der Waals surface area (Å²) in [5.74, 6) is 6.61. The molecule has 3 N–H and O–H groups in total. The van der Waals surface area contributed by atoms with Crippen molar-refractivity contribution in [2.45, 2.75) is 17.6 Å². The number of carbonyl (C=O) groups is 1. The van der Waals surface area contributed by atoms with Crippen LogP contribution in [0.4, 0.5) is 0 Å². The highest BCUT2D eigenvalue weighted by Gasteiger charge is 2.14. The third-order valence-corrected chi connectivity index (χ3v) is 4.09. The molecule has 0 saturated carbocycles. The number of nitrogens with one attached hydrogen (secondary N) is 1. The maximum Gasteiger partial charge on any atom is 0.268 e. The maximum atomic E-state index is 11.5. The van der Waals surface area contributed by atoms with Crippen LogP contribution in [0, 0.1) is 6.92 Å². The van der Waals surface area contributed by atoms with E-state index in [0.29, 0.717) is 27.9 Å². The molecule has 6 heteroatoms. The molecule has 2 aromatic rings. The molecule has 1 heterocycles. The number of furan rings is 1. The molecule has 2 rings (SSSR count). The van der Waals surface area contributed by atoms with Gasteiger partial charge in [0.25, 0.3) is 5.91 Å². The van der Waals surface area contributed by atoms with E-state index in [9.17, 15) is 4.79 Å². The number of aryl methyl sites for hydroxylation is 1. The van der Waals surface area contributed by atoms with Crippen molar-refractivity contribution >= 4 is 29.3 Å². The number of hydrogen-bond donors (Lipinski definition) is 2. The Bertz CT molecular complexity index is 598. The van der Waals surface area contributed by atoms with Gasteiger partial charge in [-0.2, -0.15) is 0 Å². The molecule has 0 atom stereocenters. The number of amides is 1. The molecule has 1 amide bonds. The first-order valence-electron chi connectivity index (χ1n) is 5.59. The van der Waals surface area contributed by atoms with E-state index in [-0.39, 0.29) is 5.91 Å². The number of nitrogen functional groups attached to an aromatic ring is 1. The number of thioether (sulfide) groups is 1. The molecule has 0 aliphatic rings. The highest BCUT2D eigenvalue weighted by molar-refractivity contribution is 7.98. The Morgan fingerprint density at radius 3 is 2.89 bits per heavy atom. The first-order chi connectivity index (χ1) is 9.11. The Morgan fingerprint density at radius 2 is 2.21 bits per heavy atom. The first-order valence-corrected chi connectivity index (χ1v) is 6.95. The number of nitrogens with two attached hydrogens (primary N) is 1. The summed E-state index contributed by atoms with van der Waals surface area (Å²) in [6, 6.07) is 9.28. The molecule has 1 aromatic heterocycles. The summed E-state index contributed by atoms with van der Waals surface area (Å²) in [6.07, 6.45) is 0. The minimum Gasteiger partial charge on any atom is -0.465 e. The van der Waals surface area contributed by atoms with Crippen LogP contribution in [-0.2, 0) is 5.75 Å². The van der Waals surface area contributed by atoms with Crippen molar-refractivity contribution in [1.82, 2.24) is 5.43 Å². The van der Waals surface area contributed by atoms with Crippen molar-refractivity contribution in [3.8, 4) is 0 Å². The van der Waals surface area contributed by atoms with Crippen LogP contribution < -0.4 is 11.3 Å². The largest absolute Gasteiger partial charge is 0.465 e. The van der Waals surface area contributed by atoms with Crippen LogP contribution in [0.3, 0.4) is 0 Å². The van der Waals surface area contributed by atoms with Gasteiger partial charge >= 0.3 is 0 Å². The van der Waals surface area contributed by atoms with E-state index in [1.807, 2.05) is 24.3 Å². The Balaban J connectivity index is 2.09. The molecule has 0 aliphatic heterocycles. The van der Waals surface area contributed by atoms with Crippen molar-refractivity contribution in [3.63, 3.8) is 0 Å². The third-order valence-electron chi connectivity index (χ3n) is 2.55. The fraction of sp³-hybridized carbons (Fsp3) is 0.154. The van der Waals surface area contributed by atoms with Crippen molar-refractivity contribution in [1.29, 1.82) is 0 Å². The molecular formula is C13H13ClN2O2S. The van der Waals surface area contributed by atoms with Crippen molar-refractivity contribution < 1.29 is 9.21 Å². The van der Waals surface area contributed by atoms with Gasteiger partial charge in [-0.25, -0.2) is 5.84 Å². The molecule has 0 fully saturated rings. The van der Waals surface area contributed by atoms with Crippen molar-refractivity contribution in [2.24, 2.45) is 5.84 Å². The average molecular weight is 297 g/mol. The zero-order chi connectivity index (χ0) is 13.8. The van der Waals surface area contributed by atoms with Crippen LogP contribution >= 0.6 is 23.4 Å². The Hall–Kier alpha value is -1.43. The average Bonchev–Trinajstić information content (AvgIpc) is 2.78. The predicted molar refractivity (Wildman–Crippen MR) is 76.1 cm³/mol. The number of benzene rings is 1. The lowest BCUT2D eigenvalue weighted by Gasteiger charge is -2.01. The summed E-state index contributed by atoms with van der Waals surface area (Å²) < 4.78 is 5.52.